The highest BCUT2D eigenvalue weighted by Gasteiger charge is 2.38. The molecule has 1 saturated carbocycles. The molecule has 2 aliphatic rings. The summed E-state index contributed by atoms with van der Waals surface area (Å²) in [7, 11) is 3.41. The molecular formula is C18H27NO4. The largest absolute Gasteiger partial charge is 0.465 e. The fraction of sp³-hybridized carbons (Fsp3) is 0.722. The van der Waals surface area contributed by atoms with Gasteiger partial charge in [0.1, 0.15) is 17.6 Å². The predicted octanol–water partition coefficient (Wildman–Crippen LogP) is 2.47. The molecule has 3 rings (SSSR count). The number of hydrogen-bond acceptors (Lipinski definition) is 4. The zero-order valence-electron chi connectivity index (χ0n) is 14.3. The lowest BCUT2D eigenvalue weighted by molar-refractivity contribution is -0.0714. The number of ether oxygens (including phenoxy) is 1. The molecule has 128 valence electrons. The summed E-state index contributed by atoms with van der Waals surface area (Å²) in [6.45, 7) is 1.87. The van der Waals surface area contributed by atoms with Crippen LogP contribution in [0.3, 0.4) is 0 Å². The minimum absolute atomic E-state index is 0.0322. The second-order valence-electron chi connectivity index (χ2n) is 6.82. The molecule has 0 radical (unpaired) electrons. The van der Waals surface area contributed by atoms with Crippen LogP contribution >= 0.6 is 0 Å². The number of likely N-dealkylation sites (N-methyl/N-ethyl adjacent to an activating group) is 1. The van der Waals surface area contributed by atoms with Gasteiger partial charge >= 0.3 is 0 Å². The van der Waals surface area contributed by atoms with Crippen molar-refractivity contribution in [2.45, 2.75) is 70.1 Å². The van der Waals surface area contributed by atoms with Crippen LogP contribution in [0.2, 0.25) is 0 Å². The third-order valence-electron chi connectivity index (χ3n) is 5.45. The van der Waals surface area contributed by atoms with E-state index >= 15 is 0 Å². The van der Waals surface area contributed by atoms with Gasteiger partial charge < -0.3 is 19.2 Å². The molecule has 0 unspecified atom stereocenters. The average Bonchev–Trinajstić information content (AvgIpc) is 2.89. The Kier molecular flexibility index (Phi) is 4.78. The van der Waals surface area contributed by atoms with E-state index in [0.717, 1.165) is 56.3 Å². The number of aliphatic hydroxyl groups is 1. The number of carbonyl (C=O) groups excluding carboxylic acids is 1. The Bertz CT molecular complexity index is 580. The van der Waals surface area contributed by atoms with Crippen molar-refractivity contribution in [3.63, 3.8) is 0 Å². The second kappa shape index (κ2) is 6.65. The molecule has 1 amide bonds. The van der Waals surface area contributed by atoms with Gasteiger partial charge in [-0.2, -0.15) is 0 Å². The van der Waals surface area contributed by atoms with E-state index in [2.05, 4.69) is 0 Å². The molecule has 0 bridgehead atoms. The zero-order valence-corrected chi connectivity index (χ0v) is 14.3. The minimum atomic E-state index is -0.634. The highest BCUT2D eigenvalue weighted by atomic mass is 16.5. The Hall–Kier alpha value is -1.33. The predicted molar refractivity (Wildman–Crippen MR) is 86.6 cm³/mol. The van der Waals surface area contributed by atoms with Crippen molar-refractivity contribution in [3.05, 3.63) is 22.6 Å². The third kappa shape index (κ3) is 2.92. The Morgan fingerprint density at radius 2 is 2.00 bits per heavy atom. The van der Waals surface area contributed by atoms with E-state index in [1.807, 2.05) is 6.92 Å². The second-order valence-corrected chi connectivity index (χ2v) is 6.82. The highest BCUT2D eigenvalue weighted by Crippen LogP contribution is 2.32. The number of amides is 1. The van der Waals surface area contributed by atoms with Crippen molar-refractivity contribution in [1.29, 1.82) is 0 Å². The highest BCUT2D eigenvalue weighted by molar-refractivity contribution is 5.97. The smallest absolute Gasteiger partial charge is 0.257 e. The molecule has 2 aliphatic carbocycles. The van der Waals surface area contributed by atoms with Crippen molar-refractivity contribution in [2.24, 2.45) is 0 Å². The lowest BCUT2D eigenvalue weighted by Crippen LogP contribution is -2.52. The first-order chi connectivity index (χ1) is 11.0. The molecule has 1 aromatic rings. The number of furan rings is 1. The van der Waals surface area contributed by atoms with E-state index in [1.165, 1.54) is 0 Å². The summed E-state index contributed by atoms with van der Waals surface area (Å²) in [5.41, 5.74) is 1.80. The van der Waals surface area contributed by atoms with Crippen LogP contribution < -0.4 is 0 Å². The molecule has 0 spiro atoms. The first kappa shape index (κ1) is 16.5. The van der Waals surface area contributed by atoms with E-state index in [-0.39, 0.29) is 18.1 Å². The molecule has 0 saturated heterocycles. The molecule has 1 fully saturated rings. The van der Waals surface area contributed by atoms with Crippen molar-refractivity contribution in [2.75, 3.05) is 14.2 Å². The summed E-state index contributed by atoms with van der Waals surface area (Å²) in [6.07, 6.45) is 5.85. The number of hydrogen-bond donors (Lipinski definition) is 1. The number of rotatable bonds is 3. The Balaban J connectivity index is 1.84. The third-order valence-corrected chi connectivity index (χ3v) is 5.45. The average molecular weight is 321 g/mol. The first-order valence-electron chi connectivity index (χ1n) is 8.63. The van der Waals surface area contributed by atoms with Crippen LogP contribution in [0.5, 0.6) is 0 Å². The molecule has 5 nitrogen and oxygen atoms in total. The number of methoxy groups -OCH3 is 1. The fourth-order valence-electron chi connectivity index (χ4n) is 4.11. The van der Waals surface area contributed by atoms with Crippen LogP contribution in [0.25, 0.3) is 0 Å². The van der Waals surface area contributed by atoms with Crippen molar-refractivity contribution < 1.29 is 19.1 Å². The van der Waals surface area contributed by atoms with Gasteiger partial charge in [0.05, 0.1) is 17.7 Å². The van der Waals surface area contributed by atoms with Crippen LogP contribution in [0.1, 0.15) is 59.5 Å². The van der Waals surface area contributed by atoms with Gasteiger partial charge in [-0.15, -0.1) is 0 Å². The fourth-order valence-corrected chi connectivity index (χ4v) is 4.11. The van der Waals surface area contributed by atoms with E-state index in [0.29, 0.717) is 11.3 Å². The maximum absolute atomic E-state index is 13.1. The maximum atomic E-state index is 13.1. The van der Waals surface area contributed by atoms with E-state index in [4.69, 9.17) is 9.15 Å². The summed E-state index contributed by atoms with van der Waals surface area (Å²) in [6, 6.07) is -0.199. The summed E-state index contributed by atoms with van der Waals surface area (Å²) in [5, 5.41) is 10.5. The van der Waals surface area contributed by atoms with E-state index in [1.54, 1.807) is 19.1 Å². The minimum Gasteiger partial charge on any atom is -0.465 e. The Labute approximate surface area is 137 Å². The van der Waals surface area contributed by atoms with E-state index in [9.17, 15) is 9.90 Å². The quantitative estimate of drug-likeness (QED) is 0.929. The van der Waals surface area contributed by atoms with Gasteiger partial charge in [0.25, 0.3) is 5.91 Å². The van der Waals surface area contributed by atoms with Gasteiger partial charge in [-0.3, -0.25) is 4.79 Å². The summed E-state index contributed by atoms with van der Waals surface area (Å²) in [5.74, 6) is 1.65. The van der Waals surface area contributed by atoms with Crippen LogP contribution in [-0.4, -0.2) is 48.3 Å². The van der Waals surface area contributed by atoms with Crippen LogP contribution in [0.15, 0.2) is 4.42 Å². The lowest BCUT2D eigenvalue weighted by Gasteiger charge is -2.39. The van der Waals surface area contributed by atoms with Gasteiger partial charge in [-0.1, -0.05) is 0 Å². The molecule has 1 N–H and O–H groups in total. The standard InChI is InChI=1S/C18H27NO4/c1-11-16(12-7-4-5-9-14(12)23-11)18(21)19(2)13-8-6-10-15(22-3)17(13)20/h13,15,17,20H,4-10H2,1-3H3/t13-,15-,17-/m1/s1. The van der Waals surface area contributed by atoms with Gasteiger partial charge in [-0.25, -0.2) is 0 Å². The first-order valence-corrected chi connectivity index (χ1v) is 8.63. The monoisotopic (exact) mass is 321 g/mol. The Morgan fingerprint density at radius 3 is 2.74 bits per heavy atom. The molecule has 3 atom stereocenters. The Morgan fingerprint density at radius 1 is 1.26 bits per heavy atom. The molecule has 23 heavy (non-hydrogen) atoms. The molecule has 1 aromatic heterocycles. The molecule has 0 aliphatic heterocycles. The van der Waals surface area contributed by atoms with Crippen molar-refractivity contribution >= 4 is 5.91 Å². The molecule has 0 aromatic carbocycles. The lowest BCUT2D eigenvalue weighted by atomic mass is 9.88. The van der Waals surface area contributed by atoms with Gasteiger partial charge in [-0.05, 0) is 45.4 Å². The SMILES string of the molecule is CO[C@@H]1CCC[C@@H](N(C)C(=O)c2c(C)oc3c2CCCC3)[C@H]1O. The van der Waals surface area contributed by atoms with Crippen LogP contribution in [0, 0.1) is 6.92 Å². The van der Waals surface area contributed by atoms with Gasteiger partial charge in [0, 0.05) is 26.1 Å². The summed E-state index contributed by atoms with van der Waals surface area (Å²) < 4.78 is 11.2. The number of aliphatic hydroxyl groups excluding tert-OH is 1. The van der Waals surface area contributed by atoms with Crippen LogP contribution in [0.4, 0.5) is 0 Å². The van der Waals surface area contributed by atoms with Crippen molar-refractivity contribution in [3.8, 4) is 0 Å². The number of fused-ring (bicyclic) bond motifs is 1. The molecule has 1 heterocycles. The number of carbonyl (C=O) groups is 1. The summed E-state index contributed by atoms with van der Waals surface area (Å²) in [4.78, 5) is 14.7. The topological polar surface area (TPSA) is 62.9 Å². The van der Waals surface area contributed by atoms with E-state index < -0.39 is 6.10 Å². The van der Waals surface area contributed by atoms with Gasteiger partial charge in [0.15, 0.2) is 0 Å². The number of nitrogens with zero attached hydrogens (tertiary/aromatic N) is 1. The summed E-state index contributed by atoms with van der Waals surface area (Å²) >= 11 is 0. The molecular weight excluding hydrogens is 294 g/mol. The van der Waals surface area contributed by atoms with Crippen molar-refractivity contribution in [1.82, 2.24) is 4.90 Å². The zero-order chi connectivity index (χ0) is 16.6. The maximum Gasteiger partial charge on any atom is 0.257 e. The number of aryl methyl sites for hydroxylation is 2. The van der Waals surface area contributed by atoms with Crippen LogP contribution in [-0.2, 0) is 17.6 Å². The normalized spacial score (nSPS) is 27.6. The van der Waals surface area contributed by atoms with Gasteiger partial charge in [0.2, 0.25) is 0 Å². The molecule has 5 heteroatoms.